The largest absolute Gasteiger partial charge is 0.310 e. The Morgan fingerprint density at radius 2 is 0.723 bits per heavy atom. The predicted molar refractivity (Wildman–Crippen MR) is 278 cm³/mol. The molecule has 1 aliphatic rings. The minimum atomic E-state index is 1.04. The number of hydrogen-bond donors (Lipinski definition) is 0. The Balaban J connectivity index is 0.910. The normalized spacial score (nSPS) is 11.9. The molecule has 0 saturated heterocycles. The van der Waals surface area contributed by atoms with Crippen LogP contribution in [0.4, 0.5) is 34.1 Å². The van der Waals surface area contributed by atoms with Gasteiger partial charge in [0, 0.05) is 54.3 Å². The fourth-order valence-corrected chi connectivity index (χ4v) is 10.9. The molecule has 308 valence electrons. The van der Waals surface area contributed by atoms with Crippen molar-refractivity contribution in [2.75, 3.05) is 9.80 Å². The molecule has 0 amide bonds. The summed E-state index contributed by atoms with van der Waals surface area (Å²) in [6.45, 7) is 0. The number of aryl methyl sites for hydroxylation is 2. The molecule has 0 atom stereocenters. The summed E-state index contributed by atoms with van der Waals surface area (Å²) in [5.41, 5.74) is 19.4. The second-order valence-electron chi connectivity index (χ2n) is 16.9. The number of thiophene rings is 1. The van der Waals surface area contributed by atoms with Crippen molar-refractivity contribution in [2.45, 2.75) is 12.8 Å². The van der Waals surface area contributed by atoms with Crippen LogP contribution in [-0.2, 0) is 12.8 Å². The first-order valence-electron chi connectivity index (χ1n) is 22.4. The van der Waals surface area contributed by atoms with Crippen LogP contribution in [0.5, 0.6) is 0 Å². The van der Waals surface area contributed by atoms with Gasteiger partial charge >= 0.3 is 0 Å². The summed E-state index contributed by atoms with van der Waals surface area (Å²) in [5, 5.41) is 2.60. The Hall–Kier alpha value is -7.98. The van der Waals surface area contributed by atoms with Crippen molar-refractivity contribution < 1.29 is 0 Å². The SMILES string of the molecule is c1ccc(-c2ccc(N(c3cccc(-c4cccc(-c5cccc(N(c6ccccc6)c6ccc7c(c6)CCc6ccccc6-7)c5)c4)c3)c3ccc4c(c3)sc3ccccc34)cc2)cc1. The molecule has 0 bridgehead atoms. The number of rotatable bonds is 9. The van der Waals surface area contributed by atoms with Crippen LogP contribution >= 0.6 is 11.3 Å². The van der Waals surface area contributed by atoms with Gasteiger partial charge in [-0.3, -0.25) is 0 Å². The molecule has 2 nitrogen and oxygen atoms in total. The van der Waals surface area contributed by atoms with E-state index in [1.54, 1.807) is 0 Å². The first-order chi connectivity index (χ1) is 32.2. The Labute approximate surface area is 384 Å². The molecule has 0 N–H and O–H groups in total. The molecule has 0 radical (unpaired) electrons. The zero-order chi connectivity index (χ0) is 43.1. The first-order valence-corrected chi connectivity index (χ1v) is 23.3. The minimum absolute atomic E-state index is 1.04. The maximum absolute atomic E-state index is 2.40. The molecular formula is C62H44N2S. The summed E-state index contributed by atoms with van der Waals surface area (Å²) in [4.78, 5) is 4.79. The molecule has 3 heteroatoms. The lowest BCUT2D eigenvalue weighted by Crippen LogP contribution is -2.12. The van der Waals surface area contributed by atoms with Crippen LogP contribution in [0.1, 0.15) is 11.1 Å². The highest BCUT2D eigenvalue weighted by atomic mass is 32.1. The van der Waals surface area contributed by atoms with Gasteiger partial charge in [0.2, 0.25) is 0 Å². The van der Waals surface area contributed by atoms with E-state index in [9.17, 15) is 0 Å². The van der Waals surface area contributed by atoms with E-state index in [1.165, 1.54) is 75.9 Å². The summed E-state index contributed by atoms with van der Waals surface area (Å²) in [5.74, 6) is 0. The van der Waals surface area contributed by atoms with E-state index >= 15 is 0 Å². The van der Waals surface area contributed by atoms with Crippen molar-refractivity contribution in [3.05, 3.63) is 254 Å². The van der Waals surface area contributed by atoms with Crippen LogP contribution in [0.15, 0.2) is 243 Å². The summed E-state index contributed by atoms with van der Waals surface area (Å²) in [6, 6.07) is 88.8. The summed E-state index contributed by atoms with van der Waals surface area (Å²) < 4.78 is 2.59. The summed E-state index contributed by atoms with van der Waals surface area (Å²) in [7, 11) is 0. The van der Waals surface area contributed by atoms with E-state index in [0.29, 0.717) is 0 Å². The fourth-order valence-electron chi connectivity index (χ4n) is 9.75. The van der Waals surface area contributed by atoms with E-state index in [2.05, 4.69) is 252 Å². The van der Waals surface area contributed by atoms with Gasteiger partial charge in [-0.25, -0.2) is 0 Å². The maximum atomic E-state index is 2.40. The van der Waals surface area contributed by atoms with Crippen molar-refractivity contribution in [2.24, 2.45) is 0 Å². The van der Waals surface area contributed by atoms with Crippen LogP contribution in [-0.4, -0.2) is 0 Å². The third kappa shape index (κ3) is 7.36. The van der Waals surface area contributed by atoms with Crippen LogP contribution in [0.2, 0.25) is 0 Å². The quantitative estimate of drug-likeness (QED) is 0.143. The molecular weight excluding hydrogens is 805 g/mol. The fraction of sp³-hybridized carbons (Fsp3) is 0.0323. The van der Waals surface area contributed by atoms with E-state index in [1.807, 2.05) is 11.3 Å². The highest BCUT2D eigenvalue weighted by Gasteiger charge is 2.20. The lowest BCUT2D eigenvalue weighted by molar-refractivity contribution is 0.941. The molecule has 0 saturated carbocycles. The lowest BCUT2D eigenvalue weighted by atomic mass is 9.85. The second kappa shape index (κ2) is 16.6. The van der Waals surface area contributed by atoms with E-state index in [0.717, 1.165) is 46.8 Å². The molecule has 0 spiro atoms. The van der Waals surface area contributed by atoms with Crippen LogP contribution in [0, 0.1) is 0 Å². The lowest BCUT2D eigenvalue weighted by Gasteiger charge is -2.28. The number of nitrogens with zero attached hydrogens (tertiary/aromatic N) is 2. The van der Waals surface area contributed by atoms with Gasteiger partial charge in [-0.1, -0.05) is 158 Å². The standard InChI is InChI=1S/C62H44N2S/c1-3-14-43(15-4-1)44-30-32-52(33-31-44)64(56-35-37-60-59-26-9-10-27-61(59)65-62(60)42-56)54-24-13-20-49(40-54)47-18-11-17-46(38-47)48-19-12-23-53(39-48)63(51-21-5-2-6-22-51)55-34-36-58-50(41-55)29-28-45-16-7-8-25-57(45)58/h1-27,30-42H,28-29H2. The number of fused-ring (bicyclic) bond motifs is 6. The Morgan fingerprint density at radius 3 is 1.46 bits per heavy atom. The smallest absolute Gasteiger partial charge is 0.0476 e. The number of anilines is 6. The van der Waals surface area contributed by atoms with E-state index < -0.39 is 0 Å². The van der Waals surface area contributed by atoms with Gasteiger partial charge in [-0.15, -0.1) is 11.3 Å². The summed E-state index contributed by atoms with van der Waals surface area (Å²) in [6.07, 6.45) is 2.10. The van der Waals surface area contributed by atoms with Crippen LogP contribution in [0.25, 0.3) is 64.7 Å². The molecule has 10 aromatic carbocycles. The molecule has 0 fully saturated rings. The molecule has 65 heavy (non-hydrogen) atoms. The average Bonchev–Trinajstić information content (AvgIpc) is 3.75. The molecule has 0 unspecified atom stereocenters. The van der Waals surface area contributed by atoms with Crippen molar-refractivity contribution in [1.29, 1.82) is 0 Å². The van der Waals surface area contributed by atoms with Crippen molar-refractivity contribution in [3.63, 3.8) is 0 Å². The highest BCUT2D eigenvalue weighted by molar-refractivity contribution is 7.25. The van der Waals surface area contributed by atoms with E-state index in [-0.39, 0.29) is 0 Å². The van der Waals surface area contributed by atoms with Gasteiger partial charge in [-0.05, 0) is 153 Å². The zero-order valence-electron chi connectivity index (χ0n) is 35.8. The Bertz CT molecular complexity index is 3500. The molecule has 1 aromatic heterocycles. The monoisotopic (exact) mass is 848 g/mol. The zero-order valence-corrected chi connectivity index (χ0v) is 36.6. The Morgan fingerprint density at radius 1 is 0.262 bits per heavy atom. The van der Waals surface area contributed by atoms with Crippen molar-refractivity contribution >= 4 is 65.6 Å². The minimum Gasteiger partial charge on any atom is -0.310 e. The molecule has 0 aliphatic heterocycles. The predicted octanol–water partition coefficient (Wildman–Crippen LogP) is 17.8. The van der Waals surface area contributed by atoms with Gasteiger partial charge in [-0.2, -0.15) is 0 Å². The topological polar surface area (TPSA) is 6.48 Å². The van der Waals surface area contributed by atoms with Crippen molar-refractivity contribution in [1.82, 2.24) is 0 Å². The van der Waals surface area contributed by atoms with E-state index in [4.69, 9.17) is 0 Å². The number of hydrogen-bond acceptors (Lipinski definition) is 3. The molecule has 1 heterocycles. The highest BCUT2D eigenvalue weighted by Crippen LogP contribution is 2.44. The Kier molecular flexibility index (Phi) is 9.89. The van der Waals surface area contributed by atoms with Gasteiger partial charge in [0.15, 0.2) is 0 Å². The van der Waals surface area contributed by atoms with Crippen molar-refractivity contribution in [3.8, 4) is 44.5 Å². The van der Waals surface area contributed by atoms with Gasteiger partial charge in [0.1, 0.15) is 0 Å². The second-order valence-corrected chi connectivity index (χ2v) is 18.0. The number of para-hydroxylation sites is 1. The first kappa shape index (κ1) is 38.7. The summed E-state index contributed by atoms with van der Waals surface area (Å²) >= 11 is 1.86. The molecule has 12 rings (SSSR count). The average molecular weight is 849 g/mol. The molecule has 1 aliphatic carbocycles. The number of benzene rings is 10. The third-order valence-electron chi connectivity index (χ3n) is 12.9. The third-order valence-corrected chi connectivity index (χ3v) is 14.1. The van der Waals surface area contributed by atoms with Gasteiger partial charge in [0.25, 0.3) is 0 Å². The van der Waals surface area contributed by atoms with Gasteiger partial charge < -0.3 is 9.80 Å². The van der Waals surface area contributed by atoms with Gasteiger partial charge in [0.05, 0.1) is 0 Å². The van der Waals surface area contributed by atoms with Crippen LogP contribution in [0.3, 0.4) is 0 Å². The molecule has 11 aromatic rings. The maximum Gasteiger partial charge on any atom is 0.0476 e. The van der Waals surface area contributed by atoms with Crippen LogP contribution < -0.4 is 9.80 Å².